The van der Waals surface area contributed by atoms with Gasteiger partial charge in [-0.05, 0) is 17.7 Å². The number of nitrogens with zero attached hydrogens (tertiary/aromatic N) is 2. The first kappa shape index (κ1) is 19.4. The van der Waals surface area contributed by atoms with E-state index in [1.807, 2.05) is 0 Å². The number of halogens is 1. The lowest BCUT2D eigenvalue weighted by Gasteiger charge is -2.28. The maximum atomic E-state index is 13.2. The summed E-state index contributed by atoms with van der Waals surface area (Å²) < 4.78 is 20.3. The highest BCUT2D eigenvalue weighted by Gasteiger charge is 2.33. The zero-order chi connectivity index (χ0) is 21.6. The van der Waals surface area contributed by atoms with Crippen LogP contribution < -0.4 is 21.3 Å². The molecule has 0 radical (unpaired) electrons. The van der Waals surface area contributed by atoms with Crippen LogP contribution in [0.2, 0.25) is 0 Å². The van der Waals surface area contributed by atoms with Gasteiger partial charge in [0, 0.05) is 25.2 Å². The number of nitrogens with one attached hydrogen (secondary N) is 1. The number of rotatable bonds is 4. The van der Waals surface area contributed by atoms with Crippen molar-refractivity contribution in [3.05, 3.63) is 63.3 Å². The minimum atomic E-state index is -1.11. The molecule has 0 aliphatic carbocycles. The molecule has 1 aliphatic rings. The van der Waals surface area contributed by atoms with Crippen molar-refractivity contribution in [1.82, 2.24) is 14.9 Å². The number of hydrogen-bond acceptors (Lipinski definition) is 6. The number of hydrogen-bond donors (Lipinski definition) is 3. The highest BCUT2D eigenvalue weighted by molar-refractivity contribution is 6.02. The molecule has 0 saturated carbocycles. The van der Waals surface area contributed by atoms with Crippen LogP contribution in [-0.2, 0) is 17.8 Å². The zero-order valence-electron chi connectivity index (χ0n) is 15.8. The fraction of sp³-hybridized carbons (Fsp3) is 0.200. The van der Waals surface area contributed by atoms with Gasteiger partial charge in [0.15, 0.2) is 17.6 Å². The summed E-state index contributed by atoms with van der Waals surface area (Å²) in [7, 11) is 1.43. The minimum Gasteiger partial charge on any atom is -0.505 e. The van der Waals surface area contributed by atoms with Crippen molar-refractivity contribution in [3.8, 4) is 11.5 Å². The van der Waals surface area contributed by atoms with Crippen molar-refractivity contribution in [1.29, 1.82) is 0 Å². The van der Waals surface area contributed by atoms with Crippen molar-refractivity contribution in [2.24, 2.45) is 5.73 Å². The van der Waals surface area contributed by atoms with E-state index in [1.165, 1.54) is 25.4 Å². The molecule has 3 aromatic rings. The van der Waals surface area contributed by atoms with Gasteiger partial charge in [-0.25, -0.2) is 4.39 Å². The molecule has 4 N–H and O–H groups in total. The number of ether oxygens (including phenoxy) is 1. The highest BCUT2D eigenvalue weighted by Crippen LogP contribution is 2.37. The smallest absolute Gasteiger partial charge is 0.268 e. The van der Waals surface area contributed by atoms with E-state index in [2.05, 4.69) is 10.3 Å². The summed E-state index contributed by atoms with van der Waals surface area (Å²) >= 11 is 0. The average molecular weight is 412 g/mol. The highest BCUT2D eigenvalue weighted by atomic mass is 19.1. The first-order valence-corrected chi connectivity index (χ1v) is 9.01. The average Bonchev–Trinajstić information content (AvgIpc) is 2.73. The van der Waals surface area contributed by atoms with E-state index in [9.17, 15) is 23.9 Å². The predicted octanol–water partition coefficient (Wildman–Crippen LogP) is 0.438. The van der Waals surface area contributed by atoms with E-state index in [0.29, 0.717) is 5.56 Å². The fourth-order valence-corrected chi connectivity index (χ4v) is 3.52. The van der Waals surface area contributed by atoms with Gasteiger partial charge in [0.2, 0.25) is 0 Å². The summed E-state index contributed by atoms with van der Waals surface area (Å²) in [6.07, 6.45) is 0.626. The Balaban J connectivity index is 1.97. The molecule has 2 aromatic heterocycles. The molecule has 1 atom stereocenters. The second-order valence-electron chi connectivity index (χ2n) is 6.84. The number of pyridine rings is 2. The van der Waals surface area contributed by atoms with Crippen LogP contribution >= 0.6 is 0 Å². The number of carbonyl (C=O) groups is 2. The lowest BCUT2D eigenvalue weighted by atomic mass is 10.0. The first-order valence-electron chi connectivity index (χ1n) is 9.01. The third-order valence-corrected chi connectivity index (χ3v) is 4.97. The quantitative estimate of drug-likeness (QED) is 0.569. The first-order chi connectivity index (χ1) is 14.3. The van der Waals surface area contributed by atoms with Crippen LogP contribution in [0.1, 0.15) is 21.5 Å². The maximum absolute atomic E-state index is 13.2. The Kier molecular flexibility index (Phi) is 4.61. The molecule has 9 nitrogen and oxygen atoms in total. The second-order valence-corrected chi connectivity index (χ2v) is 6.84. The Morgan fingerprint density at radius 1 is 1.37 bits per heavy atom. The molecule has 0 fully saturated rings. The predicted molar refractivity (Wildman–Crippen MR) is 104 cm³/mol. The van der Waals surface area contributed by atoms with Crippen molar-refractivity contribution in [2.75, 3.05) is 7.05 Å². The molecule has 154 valence electrons. The van der Waals surface area contributed by atoms with Gasteiger partial charge in [-0.15, -0.1) is 0 Å². The van der Waals surface area contributed by atoms with Gasteiger partial charge >= 0.3 is 0 Å². The van der Waals surface area contributed by atoms with Crippen LogP contribution in [0.3, 0.4) is 0 Å². The number of aromatic nitrogens is 2. The van der Waals surface area contributed by atoms with Gasteiger partial charge in [0.1, 0.15) is 22.4 Å². The van der Waals surface area contributed by atoms with E-state index in [0.717, 1.165) is 10.1 Å². The van der Waals surface area contributed by atoms with Crippen LogP contribution in [-0.4, -0.2) is 39.6 Å². The lowest BCUT2D eigenvalue weighted by molar-refractivity contribution is -0.128. The summed E-state index contributed by atoms with van der Waals surface area (Å²) in [4.78, 5) is 41.1. The number of amides is 2. The lowest BCUT2D eigenvalue weighted by Crippen LogP contribution is -2.45. The van der Waals surface area contributed by atoms with Gasteiger partial charge in [-0.2, -0.15) is 0 Å². The van der Waals surface area contributed by atoms with Crippen LogP contribution in [0.5, 0.6) is 11.5 Å². The van der Waals surface area contributed by atoms with Gasteiger partial charge in [-0.1, -0.05) is 12.1 Å². The van der Waals surface area contributed by atoms with E-state index in [-0.39, 0.29) is 35.6 Å². The van der Waals surface area contributed by atoms with Gasteiger partial charge in [-0.3, -0.25) is 23.9 Å². The Morgan fingerprint density at radius 3 is 2.70 bits per heavy atom. The molecule has 4 rings (SSSR count). The molecule has 10 heteroatoms. The number of likely N-dealkylation sites (N-methyl/N-ethyl adjacent to an activating group) is 1. The summed E-state index contributed by atoms with van der Waals surface area (Å²) in [5.74, 6) is -2.43. The standard InChI is InChI=1S/C20H17FN4O5/c1-23-19(28)12-8-25-15-14(16(26)13(18(22)27)20(25)29)24-7-10(17(15)30-12)6-9-2-4-11(21)5-3-9/h2-5,7,12,26H,6,8H2,1H3,(H2,22,27)(H,23,28). The Hall–Kier alpha value is -3.95. The molecule has 3 heterocycles. The number of aromatic hydroxyl groups is 1. The monoisotopic (exact) mass is 412 g/mol. The Morgan fingerprint density at radius 2 is 2.07 bits per heavy atom. The molecular formula is C20H17FN4O5. The second kappa shape index (κ2) is 7.14. The van der Waals surface area contributed by atoms with Crippen LogP contribution in [0.15, 0.2) is 35.3 Å². The summed E-state index contributed by atoms with van der Waals surface area (Å²) in [6.45, 7) is -0.190. The van der Waals surface area contributed by atoms with Gasteiger partial charge in [0.05, 0.1) is 6.54 Å². The van der Waals surface area contributed by atoms with E-state index >= 15 is 0 Å². The molecule has 0 bridgehead atoms. The number of primary amides is 1. The Bertz CT molecular complexity index is 1250. The van der Waals surface area contributed by atoms with Gasteiger partial charge in [0.25, 0.3) is 17.4 Å². The molecule has 1 unspecified atom stereocenters. The summed E-state index contributed by atoms with van der Waals surface area (Å²) in [6, 6.07) is 5.80. The topological polar surface area (TPSA) is 137 Å². The molecule has 1 aromatic carbocycles. The summed E-state index contributed by atoms with van der Waals surface area (Å²) in [5.41, 5.74) is 5.19. The van der Waals surface area contributed by atoms with Gasteiger partial charge < -0.3 is 20.9 Å². The molecule has 1 aliphatic heterocycles. The van der Waals surface area contributed by atoms with E-state index in [4.69, 9.17) is 10.5 Å². The van der Waals surface area contributed by atoms with Crippen LogP contribution in [0.25, 0.3) is 11.0 Å². The molecule has 0 spiro atoms. The van der Waals surface area contributed by atoms with E-state index < -0.39 is 34.8 Å². The largest absolute Gasteiger partial charge is 0.505 e. The summed E-state index contributed by atoms with van der Waals surface area (Å²) in [5, 5.41) is 12.9. The normalized spacial score (nSPS) is 14.9. The van der Waals surface area contributed by atoms with Crippen molar-refractivity contribution < 1.29 is 23.8 Å². The van der Waals surface area contributed by atoms with Crippen molar-refractivity contribution in [2.45, 2.75) is 19.1 Å². The van der Waals surface area contributed by atoms with Crippen molar-refractivity contribution in [3.63, 3.8) is 0 Å². The van der Waals surface area contributed by atoms with Crippen LogP contribution in [0.4, 0.5) is 4.39 Å². The number of nitrogens with two attached hydrogens (primary N) is 1. The molecular weight excluding hydrogens is 395 g/mol. The van der Waals surface area contributed by atoms with Crippen LogP contribution in [0, 0.1) is 5.82 Å². The van der Waals surface area contributed by atoms with Crippen molar-refractivity contribution >= 4 is 22.8 Å². The zero-order valence-corrected chi connectivity index (χ0v) is 15.8. The number of benzene rings is 1. The minimum absolute atomic E-state index is 0.0448. The third-order valence-electron chi connectivity index (χ3n) is 4.97. The van der Waals surface area contributed by atoms with E-state index in [1.54, 1.807) is 12.1 Å². The third kappa shape index (κ3) is 3.02. The Labute approximate surface area is 168 Å². The fourth-order valence-electron chi connectivity index (χ4n) is 3.52. The molecule has 30 heavy (non-hydrogen) atoms. The maximum Gasteiger partial charge on any atom is 0.268 e. The number of carbonyl (C=O) groups excluding carboxylic acids is 2. The SMILES string of the molecule is CNC(=O)C1Cn2c(=O)c(C(N)=O)c(O)c3ncc(Cc4ccc(F)cc4)c(c32)O1. The molecule has 0 saturated heterocycles. The molecule has 2 amide bonds.